The predicted octanol–water partition coefficient (Wildman–Crippen LogP) is -0.326. The highest BCUT2D eigenvalue weighted by molar-refractivity contribution is 6.46. The summed E-state index contributed by atoms with van der Waals surface area (Å²) in [7, 11) is 1.54. The van der Waals surface area contributed by atoms with Gasteiger partial charge >= 0.3 is 7.48 Å². The highest BCUT2D eigenvalue weighted by Gasteiger charge is 2.03. The first kappa shape index (κ1) is 9.78. The average Bonchev–Trinajstić information content (AvgIpc) is 2.19. The second-order valence-corrected chi connectivity index (χ2v) is 2.69. The number of hydrogen-bond donors (Lipinski definition) is 1. The summed E-state index contributed by atoms with van der Waals surface area (Å²) in [6, 6.07) is 7.21. The second kappa shape index (κ2) is 4.66. The van der Waals surface area contributed by atoms with Crippen molar-refractivity contribution in [2.45, 2.75) is 6.61 Å². The van der Waals surface area contributed by atoms with Gasteiger partial charge in [0.1, 0.15) is 0 Å². The first-order valence-electron chi connectivity index (χ1n) is 3.93. The van der Waals surface area contributed by atoms with E-state index in [9.17, 15) is 0 Å². The second-order valence-electron chi connectivity index (χ2n) is 2.69. The molecule has 0 saturated carbocycles. The maximum Gasteiger partial charge on any atom is 0.305 e. The first-order chi connectivity index (χ1) is 6.31. The molecular weight excluding hydrogens is 165 g/mol. The number of hydrogen-bond acceptors (Lipinski definition) is 3. The summed E-state index contributed by atoms with van der Waals surface area (Å²) in [4.78, 5) is 0. The van der Waals surface area contributed by atoms with E-state index < -0.39 is 0 Å². The summed E-state index contributed by atoms with van der Waals surface area (Å²) in [6.45, 7) is 0.460. The molecule has 0 aliphatic heterocycles. The van der Waals surface area contributed by atoms with Crippen molar-refractivity contribution in [2.75, 3.05) is 7.11 Å². The van der Waals surface area contributed by atoms with E-state index in [1.165, 1.54) is 0 Å². The molecule has 0 spiro atoms. The minimum absolute atomic E-state index is 0.0613. The lowest BCUT2D eigenvalue weighted by Gasteiger charge is -2.05. The Morgan fingerprint density at radius 2 is 2.38 bits per heavy atom. The molecule has 1 aromatic carbocycles. The molecule has 13 heavy (non-hydrogen) atoms. The van der Waals surface area contributed by atoms with Crippen molar-refractivity contribution in [2.24, 2.45) is 0 Å². The Morgan fingerprint density at radius 3 is 2.92 bits per heavy atom. The van der Waals surface area contributed by atoms with Crippen LogP contribution in [0.3, 0.4) is 0 Å². The molecule has 0 amide bonds. The van der Waals surface area contributed by atoms with Crippen molar-refractivity contribution >= 4 is 12.9 Å². The van der Waals surface area contributed by atoms with Crippen LogP contribution in [0.2, 0.25) is 0 Å². The quantitative estimate of drug-likeness (QED) is 0.640. The van der Waals surface area contributed by atoms with Crippen molar-refractivity contribution in [1.82, 2.24) is 0 Å². The van der Waals surface area contributed by atoms with Crippen LogP contribution < -0.4 is 5.46 Å². The summed E-state index contributed by atoms with van der Waals surface area (Å²) >= 11 is 0. The third-order valence-corrected chi connectivity index (χ3v) is 1.81. The topological polar surface area (TPSA) is 53.2 Å². The minimum Gasteiger partial charge on any atom is -0.449 e. The summed E-state index contributed by atoms with van der Waals surface area (Å²) in [5.41, 5.74) is 2.23. The normalized spacial score (nSPS) is 9.31. The third kappa shape index (κ3) is 2.31. The van der Waals surface area contributed by atoms with E-state index in [-0.39, 0.29) is 7.48 Å². The van der Waals surface area contributed by atoms with Crippen LogP contribution in [0.15, 0.2) is 18.2 Å². The van der Waals surface area contributed by atoms with Crippen molar-refractivity contribution in [3.8, 4) is 6.07 Å². The molecule has 0 heterocycles. The Hall–Kier alpha value is -1.31. The highest BCUT2D eigenvalue weighted by Crippen LogP contribution is 2.01. The monoisotopic (exact) mass is 175 g/mol. The largest absolute Gasteiger partial charge is 0.449 e. The van der Waals surface area contributed by atoms with Gasteiger partial charge in [0.25, 0.3) is 0 Å². The van der Waals surface area contributed by atoms with Gasteiger partial charge < -0.3 is 9.76 Å². The van der Waals surface area contributed by atoms with Crippen LogP contribution in [0.25, 0.3) is 0 Å². The molecular formula is C9H10BNO2. The first-order valence-corrected chi connectivity index (χ1v) is 3.93. The van der Waals surface area contributed by atoms with Crippen molar-refractivity contribution in [3.05, 3.63) is 29.3 Å². The van der Waals surface area contributed by atoms with E-state index in [1.54, 1.807) is 25.3 Å². The fourth-order valence-corrected chi connectivity index (χ4v) is 1.14. The maximum atomic E-state index is 9.00. The van der Waals surface area contributed by atoms with Gasteiger partial charge in [-0.25, -0.2) is 0 Å². The van der Waals surface area contributed by atoms with Gasteiger partial charge in [-0.3, -0.25) is 0 Å². The van der Waals surface area contributed by atoms with Gasteiger partial charge in [-0.2, -0.15) is 5.26 Å². The van der Waals surface area contributed by atoms with E-state index in [4.69, 9.17) is 15.0 Å². The standard InChI is InChI=1S/C9H10BNO2/c1-13-6-8-3-2-7(5-11)4-9(8)10-12/h2-4,10,12H,6H2,1H3. The van der Waals surface area contributed by atoms with Crippen LogP contribution in [0.1, 0.15) is 11.1 Å². The van der Waals surface area contributed by atoms with Gasteiger partial charge in [0.05, 0.1) is 18.2 Å². The summed E-state index contributed by atoms with van der Waals surface area (Å²) in [5.74, 6) is 0. The van der Waals surface area contributed by atoms with Crippen LogP contribution in [-0.2, 0) is 11.3 Å². The number of methoxy groups -OCH3 is 1. The number of rotatable bonds is 3. The third-order valence-electron chi connectivity index (χ3n) is 1.81. The van der Waals surface area contributed by atoms with Crippen LogP contribution in [0, 0.1) is 11.3 Å². The molecule has 0 aliphatic rings. The molecule has 0 aliphatic carbocycles. The van der Waals surface area contributed by atoms with E-state index in [0.717, 1.165) is 11.0 Å². The number of nitrogens with zero attached hydrogens (tertiary/aromatic N) is 1. The zero-order valence-electron chi connectivity index (χ0n) is 7.45. The van der Waals surface area contributed by atoms with Crippen LogP contribution >= 0.6 is 0 Å². The van der Waals surface area contributed by atoms with Crippen LogP contribution in [0.5, 0.6) is 0 Å². The molecule has 3 nitrogen and oxygen atoms in total. The molecule has 0 unspecified atom stereocenters. The van der Waals surface area contributed by atoms with Crippen molar-refractivity contribution < 1.29 is 9.76 Å². The van der Waals surface area contributed by atoms with E-state index >= 15 is 0 Å². The lowest BCUT2D eigenvalue weighted by Crippen LogP contribution is -2.19. The molecule has 0 atom stereocenters. The van der Waals surface area contributed by atoms with Gasteiger partial charge in [-0.1, -0.05) is 6.07 Å². The predicted molar refractivity (Wildman–Crippen MR) is 50.9 cm³/mol. The van der Waals surface area contributed by atoms with Crippen molar-refractivity contribution in [3.63, 3.8) is 0 Å². The van der Waals surface area contributed by atoms with Crippen LogP contribution in [0.4, 0.5) is 0 Å². The Labute approximate surface area is 77.8 Å². The molecule has 1 aromatic rings. The molecule has 4 heteroatoms. The van der Waals surface area contributed by atoms with E-state index in [0.29, 0.717) is 12.2 Å². The molecule has 0 bridgehead atoms. The molecule has 0 radical (unpaired) electrons. The Balaban J connectivity index is 3.02. The Kier molecular flexibility index (Phi) is 3.50. The average molecular weight is 175 g/mol. The lowest BCUT2D eigenvalue weighted by atomic mass is 9.83. The molecule has 0 fully saturated rings. The van der Waals surface area contributed by atoms with Gasteiger partial charge in [-0.15, -0.1) is 0 Å². The molecule has 66 valence electrons. The Bertz CT molecular complexity index is 333. The summed E-state index contributed by atoms with van der Waals surface area (Å²) in [6.07, 6.45) is 0. The van der Waals surface area contributed by atoms with Crippen molar-refractivity contribution in [1.29, 1.82) is 5.26 Å². The summed E-state index contributed by atoms with van der Waals surface area (Å²) in [5, 5.41) is 17.6. The zero-order chi connectivity index (χ0) is 9.68. The maximum absolute atomic E-state index is 9.00. The zero-order valence-corrected chi connectivity index (χ0v) is 7.45. The lowest BCUT2D eigenvalue weighted by molar-refractivity contribution is 0.185. The van der Waals surface area contributed by atoms with Gasteiger partial charge in [0, 0.05) is 7.11 Å². The molecule has 1 N–H and O–H groups in total. The minimum atomic E-state index is -0.0613. The molecule has 1 rings (SSSR count). The van der Waals surface area contributed by atoms with E-state index in [1.807, 2.05) is 6.07 Å². The molecule has 0 saturated heterocycles. The van der Waals surface area contributed by atoms with E-state index in [2.05, 4.69) is 0 Å². The van der Waals surface area contributed by atoms with Crippen LogP contribution in [-0.4, -0.2) is 19.6 Å². The highest BCUT2D eigenvalue weighted by atomic mass is 16.5. The summed E-state index contributed by atoms with van der Waals surface area (Å²) < 4.78 is 4.95. The van der Waals surface area contributed by atoms with Gasteiger partial charge in [0.15, 0.2) is 0 Å². The number of benzene rings is 1. The fourth-order valence-electron chi connectivity index (χ4n) is 1.14. The Morgan fingerprint density at radius 1 is 1.62 bits per heavy atom. The number of ether oxygens (including phenoxy) is 1. The van der Waals surface area contributed by atoms with Gasteiger partial charge in [0.2, 0.25) is 0 Å². The number of nitriles is 1. The smallest absolute Gasteiger partial charge is 0.305 e. The fraction of sp³-hybridized carbons (Fsp3) is 0.222. The SMILES string of the molecule is COCc1ccc(C#N)cc1BO. The molecule has 0 aromatic heterocycles. The van der Waals surface area contributed by atoms with Gasteiger partial charge in [-0.05, 0) is 23.2 Å².